The topological polar surface area (TPSA) is 61.4 Å². The van der Waals surface area contributed by atoms with Gasteiger partial charge in [0.25, 0.3) is 0 Å². The molecule has 1 rings (SSSR count). The van der Waals surface area contributed by atoms with Crippen LogP contribution in [0.15, 0.2) is 0 Å². The van der Waals surface area contributed by atoms with Crippen molar-refractivity contribution in [2.75, 3.05) is 38.5 Å². The van der Waals surface area contributed by atoms with E-state index >= 15 is 0 Å². The van der Waals surface area contributed by atoms with Gasteiger partial charge in [-0.15, -0.1) is 0 Å². The average Bonchev–Trinajstić information content (AvgIpc) is 2.35. The number of hydrogen-bond acceptors (Lipinski definition) is 4. The van der Waals surface area contributed by atoms with E-state index in [1.165, 1.54) is 0 Å². The third-order valence-electron chi connectivity index (χ3n) is 3.22. The molecule has 17 heavy (non-hydrogen) atoms. The molecule has 0 radical (unpaired) electrons. The number of sulfonamides is 1. The molecule has 1 aliphatic rings. The van der Waals surface area contributed by atoms with Crippen LogP contribution in [-0.2, 0) is 10.0 Å². The summed E-state index contributed by atoms with van der Waals surface area (Å²) in [7, 11) is -3.12. The van der Waals surface area contributed by atoms with Gasteiger partial charge in [0.15, 0.2) is 0 Å². The Morgan fingerprint density at radius 2 is 1.82 bits per heavy atom. The molecule has 2 N–H and O–H groups in total. The number of rotatable bonds is 7. The molecular formula is C11H25N3O2S. The molecule has 102 valence electrons. The van der Waals surface area contributed by atoms with E-state index in [0.29, 0.717) is 6.54 Å². The first-order valence-electron chi connectivity index (χ1n) is 6.50. The molecule has 0 atom stereocenters. The number of nitrogens with one attached hydrogen (secondary N) is 2. The molecule has 0 bridgehead atoms. The Hall–Kier alpha value is -0.170. The second-order valence-electron chi connectivity index (χ2n) is 4.54. The summed E-state index contributed by atoms with van der Waals surface area (Å²) < 4.78 is 26.5. The van der Waals surface area contributed by atoms with E-state index in [0.717, 1.165) is 39.0 Å². The van der Waals surface area contributed by atoms with Gasteiger partial charge in [0.2, 0.25) is 10.0 Å². The number of piperazine rings is 1. The van der Waals surface area contributed by atoms with Gasteiger partial charge in [-0.3, -0.25) is 4.90 Å². The summed E-state index contributed by atoms with van der Waals surface area (Å²) in [5.41, 5.74) is 0. The third-order valence-corrected chi connectivity index (χ3v) is 4.63. The Morgan fingerprint density at radius 3 is 2.35 bits per heavy atom. The van der Waals surface area contributed by atoms with E-state index in [-0.39, 0.29) is 11.8 Å². The summed E-state index contributed by atoms with van der Waals surface area (Å²) in [6.45, 7) is 8.46. The Labute approximate surface area is 105 Å². The zero-order valence-electron chi connectivity index (χ0n) is 10.9. The summed E-state index contributed by atoms with van der Waals surface area (Å²) in [6.07, 6.45) is 1.70. The highest BCUT2D eigenvalue weighted by Crippen LogP contribution is 2.00. The zero-order chi connectivity index (χ0) is 12.7. The lowest BCUT2D eigenvalue weighted by atomic mass is 10.2. The molecule has 1 saturated heterocycles. The second kappa shape index (κ2) is 7.31. The minimum atomic E-state index is -3.12. The third kappa shape index (κ3) is 5.81. The van der Waals surface area contributed by atoms with E-state index in [1.54, 1.807) is 0 Å². The van der Waals surface area contributed by atoms with E-state index in [1.807, 2.05) is 13.8 Å². The lowest BCUT2D eigenvalue weighted by Gasteiger charge is -2.27. The average molecular weight is 263 g/mol. The predicted octanol–water partition coefficient (Wildman–Crippen LogP) is -0.000400. The van der Waals surface area contributed by atoms with Crippen molar-refractivity contribution in [2.24, 2.45) is 0 Å². The minimum absolute atomic E-state index is 0.0861. The van der Waals surface area contributed by atoms with E-state index in [2.05, 4.69) is 14.9 Å². The molecule has 0 saturated carbocycles. The monoisotopic (exact) mass is 263 g/mol. The molecule has 5 nitrogen and oxygen atoms in total. The largest absolute Gasteiger partial charge is 0.314 e. The van der Waals surface area contributed by atoms with Crippen LogP contribution in [0.25, 0.3) is 0 Å². The Bertz CT molecular complexity index is 296. The van der Waals surface area contributed by atoms with Crippen LogP contribution in [0.3, 0.4) is 0 Å². The normalized spacial score (nSPS) is 18.8. The summed E-state index contributed by atoms with van der Waals surface area (Å²) in [5.74, 6) is 0.212. The summed E-state index contributed by atoms with van der Waals surface area (Å²) in [6, 6.07) is 0.0861. The van der Waals surface area contributed by atoms with Crippen molar-refractivity contribution >= 4 is 10.0 Å². The minimum Gasteiger partial charge on any atom is -0.314 e. The van der Waals surface area contributed by atoms with Crippen molar-refractivity contribution in [1.82, 2.24) is 14.9 Å². The first kappa shape index (κ1) is 14.9. The quantitative estimate of drug-likeness (QED) is 0.679. The highest BCUT2D eigenvalue weighted by molar-refractivity contribution is 7.89. The van der Waals surface area contributed by atoms with Crippen LogP contribution in [0.5, 0.6) is 0 Å². The lowest BCUT2D eigenvalue weighted by molar-refractivity contribution is 0.253. The SMILES string of the molecule is CCC(CC)NS(=O)(=O)CCN1CCNCC1. The van der Waals surface area contributed by atoms with E-state index < -0.39 is 10.0 Å². The van der Waals surface area contributed by atoms with Gasteiger partial charge < -0.3 is 5.32 Å². The van der Waals surface area contributed by atoms with Crippen LogP contribution in [0.1, 0.15) is 26.7 Å². The van der Waals surface area contributed by atoms with Crippen LogP contribution in [-0.4, -0.2) is 57.8 Å². The highest BCUT2D eigenvalue weighted by Gasteiger charge is 2.17. The van der Waals surface area contributed by atoms with E-state index in [4.69, 9.17) is 0 Å². The summed E-state index contributed by atoms with van der Waals surface area (Å²) in [4.78, 5) is 2.20. The van der Waals surface area contributed by atoms with Crippen LogP contribution < -0.4 is 10.0 Å². The molecular weight excluding hydrogens is 238 g/mol. The molecule has 1 fully saturated rings. The first-order valence-corrected chi connectivity index (χ1v) is 8.15. The molecule has 0 unspecified atom stereocenters. The Balaban J connectivity index is 2.32. The van der Waals surface area contributed by atoms with Crippen LogP contribution in [0.4, 0.5) is 0 Å². The smallest absolute Gasteiger partial charge is 0.213 e. The molecule has 0 spiro atoms. The second-order valence-corrected chi connectivity index (χ2v) is 6.42. The molecule has 1 aliphatic heterocycles. The first-order chi connectivity index (χ1) is 8.07. The van der Waals surface area contributed by atoms with E-state index in [9.17, 15) is 8.42 Å². The molecule has 0 aliphatic carbocycles. The fourth-order valence-corrected chi connectivity index (χ4v) is 3.41. The van der Waals surface area contributed by atoms with Gasteiger partial charge in [-0.05, 0) is 12.8 Å². The van der Waals surface area contributed by atoms with Crippen LogP contribution in [0, 0.1) is 0 Å². The van der Waals surface area contributed by atoms with Gasteiger partial charge in [0.1, 0.15) is 0 Å². The molecule has 0 aromatic rings. The van der Waals surface area contributed by atoms with Gasteiger partial charge in [-0.25, -0.2) is 13.1 Å². The molecule has 0 aromatic heterocycles. The van der Waals surface area contributed by atoms with Crippen molar-refractivity contribution in [3.8, 4) is 0 Å². The van der Waals surface area contributed by atoms with Crippen molar-refractivity contribution in [3.05, 3.63) is 0 Å². The summed E-state index contributed by atoms with van der Waals surface area (Å²) in [5, 5.41) is 3.26. The van der Waals surface area contributed by atoms with Gasteiger partial charge >= 0.3 is 0 Å². The maximum atomic E-state index is 11.8. The zero-order valence-corrected chi connectivity index (χ0v) is 11.7. The van der Waals surface area contributed by atoms with Gasteiger partial charge in [-0.1, -0.05) is 13.8 Å². The van der Waals surface area contributed by atoms with Crippen LogP contribution in [0.2, 0.25) is 0 Å². The fourth-order valence-electron chi connectivity index (χ4n) is 1.95. The van der Waals surface area contributed by atoms with Gasteiger partial charge in [0, 0.05) is 38.8 Å². The van der Waals surface area contributed by atoms with Crippen molar-refractivity contribution in [2.45, 2.75) is 32.7 Å². The number of nitrogens with zero attached hydrogens (tertiary/aromatic N) is 1. The maximum absolute atomic E-state index is 11.8. The molecule has 0 amide bonds. The van der Waals surface area contributed by atoms with Gasteiger partial charge in [0.05, 0.1) is 5.75 Å². The van der Waals surface area contributed by atoms with Gasteiger partial charge in [-0.2, -0.15) is 0 Å². The molecule has 1 heterocycles. The maximum Gasteiger partial charge on any atom is 0.213 e. The Kier molecular flexibility index (Phi) is 6.40. The van der Waals surface area contributed by atoms with Crippen molar-refractivity contribution in [3.63, 3.8) is 0 Å². The van der Waals surface area contributed by atoms with Crippen molar-refractivity contribution < 1.29 is 8.42 Å². The predicted molar refractivity (Wildman–Crippen MR) is 70.6 cm³/mol. The molecule has 0 aromatic carbocycles. The fraction of sp³-hybridized carbons (Fsp3) is 1.00. The highest BCUT2D eigenvalue weighted by atomic mass is 32.2. The number of hydrogen-bond donors (Lipinski definition) is 2. The molecule has 6 heteroatoms. The van der Waals surface area contributed by atoms with Crippen molar-refractivity contribution in [1.29, 1.82) is 0 Å². The summed E-state index contributed by atoms with van der Waals surface area (Å²) >= 11 is 0. The lowest BCUT2D eigenvalue weighted by Crippen LogP contribution is -2.46. The van der Waals surface area contributed by atoms with Crippen LogP contribution >= 0.6 is 0 Å². The Morgan fingerprint density at radius 1 is 1.24 bits per heavy atom. The standard InChI is InChI=1S/C11H25N3O2S/c1-3-11(4-2)13-17(15,16)10-9-14-7-5-12-6-8-14/h11-13H,3-10H2,1-2H3.